The van der Waals surface area contributed by atoms with Crippen LogP contribution >= 0.6 is 0 Å². The second-order valence-electron chi connectivity index (χ2n) is 8.25. The summed E-state index contributed by atoms with van der Waals surface area (Å²) in [6.07, 6.45) is 2.42. The maximum atomic E-state index is 12.6. The van der Waals surface area contributed by atoms with Gasteiger partial charge in [0.15, 0.2) is 0 Å². The molecule has 2 aromatic carbocycles. The normalized spacial score (nSPS) is 18.3. The molecular formula is C25H24N4O4. The lowest BCUT2D eigenvalue weighted by Crippen LogP contribution is -2.53. The molecular weight excluding hydrogens is 420 g/mol. The average molecular weight is 444 g/mol. The number of hydrogen-bond donors (Lipinski definition) is 4. The van der Waals surface area contributed by atoms with Crippen LogP contribution in [0, 0.1) is 0 Å². The van der Waals surface area contributed by atoms with Gasteiger partial charge in [-0.1, -0.05) is 30.3 Å². The summed E-state index contributed by atoms with van der Waals surface area (Å²) in [6, 6.07) is 16.8. The molecule has 1 unspecified atom stereocenters. The fourth-order valence-corrected chi connectivity index (χ4v) is 4.07. The maximum Gasteiger partial charge on any atom is 0.252 e. The summed E-state index contributed by atoms with van der Waals surface area (Å²) in [5.74, 6) is 1.21. The Labute approximate surface area is 190 Å². The van der Waals surface area contributed by atoms with E-state index >= 15 is 0 Å². The third-order valence-electron chi connectivity index (χ3n) is 5.78. The van der Waals surface area contributed by atoms with Crippen LogP contribution in [0.4, 0.5) is 11.4 Å². The van der Waals surface area contributed by atoms with Gasteiger partial charge in [0.05, 0.1) is 29.6 Å². The Morgan fingerprint density at radius 1 is 1.09 bits per heavy atom. The lowest BCUT2D eigenvalue weighted by atomic mass is 9.95. The van der Waals surface area contributed by atoms with E-state index in [1.165, 1.54) is 0 Å². The number of aromatic amines is 1. The summed E-state index contributed by atoms with van der Waals surface area (Å²) < 4.78 is 11.1. The van der Waals surface area contributed by atoms with Crippen molar-refractivity contribution in [1.29, 1.82) is 0 Å². The van der Waals surface area contributed by atoms with Crippen molar-refractivity contribution in [2.45, 2.75) is 18.6 Å². The van der Waals surface area contributed by atoms with E-state index < -0.39 is 11.6 Å². The molecule has 2 atom stereocenters. The quantitative estimate of drug-likeness (QED) is 0.355. The zero-order valence-electron chi connectivity index (χ0n) is 18.3. The molecule has 2 aromatic heterocycles. The summed E-state index contributed by atoms with van der Waals surface area (Å²) in [6.45, 7) is 1.96. The van der Waals surface area contributed by atoms with Crippen molar-refractivity contribution < 1.29 is 19.4 Å². The summed E-state index contributed by atoms with van der Waals surface area (Å²) in [5.41, 5.74) is 2.25. The number of H-pyrrole nitrogens is 1. The summed E-state index contributed by atoms with van der Waals surface area (Å²) in [7, 11) is 1.55. The van der Waals surface area contributed by atoms with E-state index in [-0.39, 0.29) is 12.5 Å². The number of para-hydroxylation sites is 1. The van der Waals surface area contributed by atoms with Crippen molar-refractivity contribution in [3.05, 3.63) is 78.1 Å². The number of carbonyl (C=O) groups is 1. The molecule has 33 heavy (non-hydrogen) atoms. The molecule has 1 aliphatic heterocycles. The number of anilines is 2. The largest absolute Gasteiger partial charge is 0.457 e. The number of aromatic nitrogens is 2. The van der Waals surface area contributed by atoms with Crippen molar-refractivity contribution in [3.8, 4) is 11.5 Å². The van der Waals surface area contributed by atoms with Crippen LogP contribution in [0.15, 0.2) is 67.0 Å². The average Bonchev–Trinajstić information content (AvgIpc) is 3.26. The molecule has 168 valence electrons. The Morgan fingerprint density at radius 3 is 2.55 bits per heavy atom. The molecule has 0 saturated heterocycles. The van der Waals surface area contributed by atoms with Gasteiger partial charge >= 0.3 is 0 Å². The number of amides is 1. The summed E-state index contributed by atoms with van der Waals surface area (Å²) in [5, 5.41) is 18.1. The molecule has 3 heterocycles. The second kappa shape index (κ2) is 8.23. The highest BCUT2D eigenvalue weighted by molar-refractivity contribution is 6.12. The lowest BCUT2D eigenvalue weighted by molar-refractivity contribution is -0.121. The van der Waals surface area contributed by atoms with Crippen LogP contribution < -0.4 is 15.4 Å². The Morgan fingerprint density at radius 2 is 1.82 bits per heavy atom. The highest BCUT2D eigenvalue weighted by Gasteiger charge is 2.39. The predicted octanol–water partition coefficient (Wildman–Crippen LogP) is 4.21. The highest BCUT2D eigenvalue weighted by Crippen LogP contribution is 2.41. The molecule has 0 aliphatic carbocycles. The topological polar surface area (TPSA) is 108 Å². The molecule has 1 amide bonds. The Balaban J connectivity index is 1.48. The van der Waals surface area contributed by atoms with Gasteiger partial charge in [-0.3, -0.25) is 4.79 Å². The van der Waals surface area contributed by atoms with Crippen molar-refractivity contribution in [2.75, 3.05) is 24.4 Å². The van der Waals surface area contributed by atoms with Gasteiger partial charge in [-0.2, -0.15) is 0 Å². The first-order chi connectivity index (χ1) is 16.0. The first-order valence-electron chi connectivity index (χ1n) is 10.6. The Kier molecular flexibility index (Phi) is 5.24. The fraction of sp³-hybridized carbons (Fsp3) is 0.200. The number of nitrogens with zero attached hydrogens (tertiary/aromatic N) is 1. The number of benzene rings is 2. The van der Waals surface area contributed by atoms with Gasteiger partial charge in [0, 0.05) is 18.9 Å². The van der Waals surface area contributed by atoms with Crippen LogP contribution in [-0.2, 0) is 9.53 Å². The SMILES string of the molecule is COC[C@]1(C)Nc2c(cnc3[nH]cc(C(O)c4ccc(Oc5ccccc5)cc4)c23)NC1=O. The van der Waals surface area contributed by atoms with Crippen LogP contribution in [0.2, 0.25) is 0 Å². The standard InChI is InChI=1S/C25H24N4O4/c1-25(14-32-2)24(31)28-19-13-27-23-20(21(19)29-25)18(12-26-23)22(30)15-8-10-17(11-9-15)33-16-6-4-3-5-7-16/h3-13,22,29-30H,14H2,1-2H3,(H,26,27)(H,28,31)/t22?,25-/m0/s1. The molecule has 5 rings (SSSR count). The monoisotopic (exact) mass is 444 g/mol. The number of methoxy groups -OCH3 is 1. The van der Waals surface area contributed by atoms with Gasteiger partial charge in [-0.25, -0.2) is 4.98 Å². The van der Waals surface area contributed by atoms with Crippen LogP contribution in [-0.4, -0.2) is 40.2 Å². The van der Waals surface area contributed by atoms with Gasteiger partial charge in [0.2, 0.25) is 0 Å². The molecule has 8 nitrogen and oxygen atoms in total. The van der Waals surface area contributed by atoms with Crippen molar-refractivity contribution in [2.24, 2.45) is 0 Å². The van der Waals surface area contributed by atoms with Gasteiger partial charge in [-0.05, 0) is 36.8 Å². The van der Waals surface area contributed by atoms with E-state index in [4.69, 9.17) is 9.47 Å². The van der Waals surface area contributed by atoms with Crippen molar-refractivity contribution >= 4 is 28.3 Å². The highest BCUT2D eigenvalue weighted by atomic mass is 16.5. The van der Waals surface area contributed by atoms with Gasteiger partial charge in [0.1, 0.15) is 28.8 Å². The molecule has 0 spiro atoms. The molecule has 4 aromatic rings. The smallest absolute Gasteiger partial charge is 0.252 e. The summed E-state index contributed by atoms with van der Waals surface area (Å²) >= 11 is 0. The molecule has 4 N–H and O–H groups in total. The van der Waals surface area contributed by atoms with Crippen LogP contribution in [0.3, 0.4) is 0 Å². The van der Waals surface area contributed by atoms with E-state index in [0.29, 0.717) is 39.3 Å². The van der Waals surface area contributed by atoms with Crippen molar-refractivity contribution in [1.82, 2.24) is 9.97 Å². The first-order valence-corrected chi connectivity index (χ1v) is 10.6. The minimum Gasteiger partial charge on any atom is -0.457 e. The number of ether oxygens (including phenoxy) is 2. The van der Waals surface area contributed by atoms with Gasteiger partial charge in [0.25, 0.3) is 5.91 Å². The number of pyridine rings is 1. The number of carbonyl (C=O) groups excluding carboxylic acids is 1. The number of rotatable bonds is 6. The van der Waals surface area contributed by atoms with E-state index in [0.717, 1.165) is 5.75 Å². The number of aliphatic hydroxyl groups is 1. The van der Waals surface area contributed by atoms with E-state index in [1.54, 1.807) is 26.4 Å². The molecule has 8 heteroatoms. The molecule has 1 aliphatic rings. The number of nitrogens with one attached hydrogen (secondary N) is 3. The molecule has 0 bridgehead atoms. The van der Waals surface area contributed by atoms with E-state index in [9.17, 15) is 9.90 Å². The third-order valence-corrected chi connectivity index (χ3v) is 5.78. The molecule has 0 saturated carbocycles. The number of fused-ring (bicyclic) bond motifs is 3. The molecule has 0 radical (unpaired) electrons. The summed E-state index contributed by atoms with van der Waals surface area (Å²) in [4.78, 5) is 20.1. The second-order valence-corrected chi connectivity index (χ2v) is 8.25. The Hall–Kier alpha value is -3.88. The Bertz CT molecular complexity index is 1300. The van der Waals surface area contributed by atoms with Gasteiger partial charge in [-0.15, -0.1) is 0 Å². The lowest BCUT2D eigenvalue weighted by Gasteiger charge is -2.35. The zero-order chi connectivity index (χ0) is 23.0. The van der Waals surface area contributed by atoms with Crippen molar-refractivity contribution in [3.63, 3.8) is 0 Å². The molecule has 0 fully saturated rings. The van der Waals surface area contributed by atoms with E-state index in [1.807, 2.05) is 54.6 Å². The van der Waals surface area contributed by atoms with Crippen LogP contribution in [0.1, 0.15) is 24.2 Å². The minimum atomic E-state index is -0.952. The maximum absolute atomic E-state index is 12.6. The third kappa shape index (κ3) is 3.79. The fourth-order valence-electron chi connectivity index (χ4n) is 4.07. The predicted molar refractivity (Wildman–Crippen MR) is 126 cm³/mol. The van der Waals surface area contributed by atoms with Crippen LogP contribution in [0.25, 0.3) is 11.0 Å². The van der Waals surface area contributed by atoms with Crippen LogP contribution in [0.5, 0.6) is 11.5 Å². The number of aliphatic hydroxyl groups excluding tert-OH is 1. The number of hydrogen-bond acceptors (Lipinski definition) is 6. The first kappa shape index (κ1) is 21.0. The minimum absolute atomic E-state index is 0.188. The zero-order valence-corrected chi connectivity index (χ0v) is 18.3. The van der Waals surface area contributed by atoms with E-state index in [2.05, 4.69) is 20.6 Å². The van der Waals surface area contributed by atoms with Gasteiger partial charge < -0.3 is 30.2 Å².